The van der Waals surface area contributed by atoms with E-state index in [4.69, 9.17) is 4.74 Å². The fourth-order valence-electron chi connectivity index (χ4n) is 2.21. The van der Waals surface area contributed by atoms with Gasteiger partial charge < -0.3 is 10.1 Å². The van der Waals surface area contributed by atoms with Gasteiger partial charge in [0.25, 0.3) is 0 Å². The van der Waals surface area contributed by atoms with E-state index in [1.54, 1.807) is 0 Å². The normalized spacial score (nSPS) is 10.3. The number of hydrogen-bond acceptors (Lipinski definition) is 2. The maximum Gasteiger partial charge on any atom is 0.122 e. The lowest BCUT2D eigenvalue weighted by atomic mass is 10.0. The second-order valence-corrected chi connectivity index (χ2v) is 4.66. The number of rotatable bonds is 5. The molecule has 0 aliphatic rings. The van der Waals surface area contributed by atoms with E-state index in [0.717, 1.165) is 17.9 Å². The van der Waals surface area contributed by atoms with Gasteiger partial charge in [0, 0.05) is 12.7 Å². The van der Waals surface area contributed by atoms with Crippen LogP contribution in [0.4, 0.5) is 5.69 Å². The maximum atomic E-state index is 5.57. The van der Waals surface area contributed by atoms with Gasteiger partial charge in [-0.3, -0.25) is 0 Å². The van der Waals surface area contributed by atoms with Gasteiger partial charge in [0.15, 0.2) is 0 Å². The molecule has 2 aromatic carbocycles. The van der Waals surface area contributed by atoms with E-state index in [0.29, 0.717) is 6.61 Å². The van der Waals surface area contributed by atoms with Gasteiger partial charge in [0.2, 0.25) is 0 Å². The van der Waals surface area contributed by atoms with Crippen molar-refractivity contribution in [3.05, 3.63) is 59.2 Å². The fourth-order valence-corrected chi connectivity index (χ4v) is 2.21. The molecule has 0 bridgehead atoms. The van der Waals surface area contributed by atoms with Crippen molar-refractivity contribution in [2.24, 2.45) is 0 Å². The summed E-state index contributed by atoms with van der Waals surface area (Å²) in [6, 6.07) is 14.9. The number of benzene rings is 2. The summed E-state index contributed by atoms with van der Waals surface area (Å²) in [6.07, 6.45) is 0.947. The van der Waals surface area contributed by atoms with Crippen LogP contribution in [0.3, 0.4) is 0 Å². The Labute approximate surface area is 115 Å². The Morgan fingerprint density at radius 1 is 1.05 bits per heavy atom. The molecule has 19 heavy (non-hydrogen) atoms. The van der Waals surface area contributed by atoms with E-state index in [1.165, 1.54) is 16.7 Å². The maximum absolute atomic E-state index is 5.57. The molecular weight excluding hydrogens is 234 g/mol. The first-order valence-electron chi connectivity index (χ1n) is 6.72. The van der Waals surface area contributed by atoms with Crippen molar-refractivity contribution in [3.8, 4) is 5.75 Å². The van der Waals surface area contributed by atoms with Crippen molar-refractivity contribution in [1.29, 1.82) is 0 Å². The van der Waals surface area contributed by atoms with Gasteiger partial charge >= 0.3 is 0 Å². The summed E-state index contributed by atoms with van der Waals surface area (Å²) in [5.41, 5.74) is 4.98. The van der Waals surface area contributed by atoms with Crippen LogP contribution < -0.4 is 10.1 Å². The molecule has 1 N–H and O–H groups in total. The first-order chi connectivity index (χ1) is 9.22. The van der Waals surface area contributed by atoms with Crippen LogP contribution in [-0.4, -0.2) is 13.7 Å². The summed E-state index contributed by atoms with van der Waals surface area (Å²) in [5.74, 6) is 0.982. The molecule has 0 radical (unpaired) electrons. The summed E-state index contributed by atoms with van der Waals surface area (Å²) >= 11 is 0. The largest absolute Gasteiger partial charge is 0.494 e. The average molecular weight is 255 g/mol. The van der Waals surface area contributed by atoms with Crippen LogP contribution in [0.1, 0.15) is 23.6 Å². The zero-order valence-corrected chi connectivity index (χ0v) is 11.9. The van der Waals surface area contributed by atoms with E-state index >= 15 is 0 Å². The van der Waals surface area contributed by atoms with E-state index in [1.807, 2.05) is 14.0 Å². The van der Waals surface area contributed by atoms with Crippen molar-refractivity contribution in [1.82, 2.24) is 0 Å². The van der Waals surface area contributed by atoms with Gasteiger partial charge in [-0.1, -0.05) is 24.3 Å². The minimum Gasteiger partial charge on any atom is -0.494 e. The summed E-state index contributed by atoms with van der Waals surface area (Å²) in [5, 5.41) is 3.17. The summed E-state index contributed by atoms with van der Waals surface area (Å²) in [7, 11) is 1.94. The zero-order chi connectivity index (χ0) is 13.7. The predicted molar refractivity (Wildman–Crippen MR) is 81.1 cm³/mol. The number of nitrogens with one attached hydrogen (secondary N) is 1. The quantitative estimate of drug-likeness (QED) is 0.871. The van der Waals surface area contributed by atoms with Crippen molar-refractivity contribution in [2.45, 2.75) is 20.3 Å². The highest BCUT2D eigenvalue weighted by Crippen LogP contribution is 2.21. The Balaban J connectivity index is 2.16. The van der Waals surface area contributed by atoms with Crippen LogP contribution in [-0.2, 0) is 6.42 Å². The SMILES string of the molecule is CCOc1ccc(Cc2cccc(NC)c2)cc1C. The third-order valence-corrected chi connectivity index (χ3v) is 3.16. The summed E-state index contributed by atoms with van der Waals surface area (Å²) in [6.45, 7) is 4.82. The lowest BCUT2D eigenvalue weighted by Gasteiger charge is -2.10. The van der Waals surface area contributed by atoms with Gasteiger partial charge in [0.1, 0.15) is 5.75 Å². The Morgan fingerprint density at radius 2 is 1.84 bits per heavy atom. The molecule has 0 saturated heterocycles. The van der Waals surface area contributed by atoms with Crippen molar-refractivity contribution < 1.29 is 4.74 Å². The average Bonchev–Trinajstić information content (AvgIpc) is 2.42. The Kier molecular flexibility index (Phi) is 4.45. The van der Waals surface area contributed by atoms with Crippen molar-refractivity contribution in [2.75, 3.05) is 19.0 Å². The molecule has 0 amide bonds. The summed E-state index contributed by atoms with van der Waals surface area (Å²) < 4.78 is 5.57. The van der Waals surface area contributed by atoms with E-state index in [-0.39, 0.29) is 0 Å². The monoisotopic (exact) mass is 255 g/mol. The van der Waals surface area contributed by atoms with Crippen molar-refractivity contribution >= 4 is 5.69 Å². The van der Waals surface area contributed by atoms with Gasteiger partial charge in [-0.15, -0.1) is 0 Å². The van der Waals surface area contributed by atoms with Crippen LogP contribution in [0.2, 0.25) is 0 Å². The zero-order valence-electron chi connectivity index (χ0n) is 11.9. The van der Waals surface area contributed by atoms with E-state index < -0.39 is 0 Å². The van der Waals surface area contributed by atoms with Crippen LogP contribution >= 0.6 is 0 Å². The van der Waals surface area contributed by atoms with Crippen LogP contribution in [0, 0.1) is 6.92 Å². The second kappa shape index (κ2) is 6.28. The first-order valence-corrected chi connectivity index (χ1v) is 6.72. The summed E-state index contributed by atoms with van der Waals surface area (Å²) in [4.78, 5) is 0. The highest BCUT2D eigenvalue weighted by Gasteiger charge is 2.02. The van der Waals surface area contributed by atoms with Crippen LogP contribution in [0.5, 0.6) is 5.75 Å². The number of hydrogen-bond donors (Lipinski definition) is 1. The van der Waals surface area contributed by atoms with Gasteiger partial charge in [-0.25, -0.2) is 0 Å². The minimum atomic E-state index is 0.713. The molecule has 0 saturated carbocycles. The van der Waals surface area contributed by atoms with Gasteiger partial charge in [-0.05, 0) is 55.2 Å². The van der Waals surface area contributed by atoms with E-state index in [2.05, 4.69) is 54.7 Å². The highest BCUT2D eigenvalue weighted by molar-refractivity contribution is 5.46. The molecule has 0 aliphatic carbocycles. The molecule has 100 valence electrons. The molecule has 2 nitrogen and oxygen atoms in total. The molecule has 0 atom stereocenters. The molecule has 2 heteroatoms. The Hall–Kier alpha value is -1.96. The predicted octanol–water partition coefficient (Wildman–Crippen LogP) is 4.03. The lowest BCUT2D eigenvalue weighted by molar-refractivity contribution is 0.338. The third kappa shape index (κ3) is 3.50. The first kappa shape index (κ1) is 13.5. The molecule has 2 rings (SSSR count). The topological polar surface area (TPSA) is 21.3 Å². The molecule has 2 aromatic rings. The minimum absolute atomic E-state index is 0.713. The smallest absolute Gasteiger partial charge is 0.122 e. The standard InChI is InChI=1S/C17H21NO/c1-4-19-17-9-8-15(10-13(17)2)11-14-6-5-7-16(12-14)18-3/h5-10,12,18H,4,11H2,1-3H3. The number of aryl methyl sites for hydroxylation is 1. The molecule has 0 heterocycles. The molecular formula is C17H21NO. The van der Waals surface area contributed by atoms with Crippen molar-refractivity contribution in [3.63, 3.8) is 0 Å². The molecule has 0 unspecified atom stereocenters. The molecule has 0 aliphatic heterocycles. The molecule has 0 fully saturated rings. The number of ether oxygens (including phenoxy) is 1. The Morgan fingerprint density at radius 3 is 2.53 bits per heavy atom. The highest BCUT2D eigenvalue weighted by atomic mass is 16.5. The fraction of sp³-hybridized carbons (Fsp3) is 0.294. The third-order valence-electron chi connectivity index (χ3n) is 3.16. The Bertz CT molecular complexity index is 549. The van der Waals surface area contributed by atoms with Crippen LogP contribution in [0.25, 0.3) is 0 Å². The van der Waals surface area contributed by atoms with Gasteiger partial charge in [0.05, 0.1) is 6.61 Å². The van der Waals surface area contributed by atoms with Crippen LogP contribution in [0.15, 0.2) is 42.5 Å². The van der Waals surface area contributed by atoms with Gasteiger partial charge in [-0.2, -0.15) is 0 Å². The molecule has 0 aromatic heterocycles. The van der Waals surface area contributed by atoms with E-state index in [9.17, 15) is 0 Å². The molecule has 0 spiro atoms. The lowest BCUT2D eigenvalue weighted by Crippen LogP contribution is -1.96. The number of anilines is 1. The second-order valence-electron chi connectivity index (χ2n) is 4.66.